The SMILES string of the molecule is COc1ccc2c(c1)CCC1C2CC[C@]2(C)C(=O)CC(CCCCCOC(N)=O)C12. The Morgan fingerprint density at radius 3 is 2.83 bits per heavy atom. The number of carbonyl (C=O) groups excluding carboxylic acids is 2. The number of hydrogen-bond donors (Lipinski definition) is 1. The first kappa shape index (κ1) is 21.2. The van der Waals surface area contributed by atoms with Crippen LogP contribution in [0.5, 0.6) is 5.75 Å². The average Bonchev–Trinajstić information content (AvgIpc) is 2.99. The van der Waals surface area contributed by atoms with Crippen LogP contribution >= 0.6 is 0 Å². The number of rotatable bonds is 7. The summed E-state index contributed by atoms with van der Waals surface area (Å²) in [6.07, 6.45) is 8.50. The van der Waals surface area contributed by atoms with E-state index in [-0.39, 0.29) is 5.41 Å². The molecule has 1 aromatic rings. The van der Waals surface area contributed by atoms with Crippen LogP contribution in [-0.4, -0.2) is 25.6 Å². The molecule has 0 aromatic heterocycles. The zero-order valence-corrected chi connectivity index (χ0v) is 18.3. The number of methoxy groups -OCH3 is 1. The van der Waals surface area contributed by atoms with Gasteiger partial charge < -0.3 is 15.2 Å². The Morgan fingerprint density at radius 1 is 1.23 bits per heavy atom. The molecule has 30 heavy (non-hydrogen) atoms. The minimum Gasteiger partial charge on any atom is -0.497 e. The molecule has 0 aliphatic heterocycles. The normalized spacial score (nSPS) is 32.1. The number of fused-ring (bicyclic) bond motifs is 5. The fourth-order valence-corrected chi connectivity index (χ4v) is 6.87. The van der Waals surface area contributed by atoms with Gasteiger partial charge in [0.2, 0.25) is 0 Å². The summed E-state index contributed by atoms with van der Waals surface area (Å²) < 4.78 is 10.3. The van der Waals surface area contributed by atoms with Crippen LogP contribution < -0.4 is 10.5 Å². The summed E-state index contributed by atoms with van der Waals surface area (Å²) in [6, 6.07) is 6.59. The van der Waals surface area contributed by atoms with Crippen LogP contribution in [0.25, 0.3) is 0 Å². The lowest BCUT2D eigenvalue weighted by atomic mass is 9.54. The number of aryl methyl sites for hydroxylation is 1. The largest absolute Gasteiger partial charge is 0.497 e. The number of ether oxygens (including phenoxy) is 2. The summed E-state index contributed by atoms with van der Waals surface area (Å²) in [5, 5.41) is 0. The Hall–Kier alpha value is -2.04. The Bertz CT molecular complexity index is 806. The average molecular weight is 414 g/mol. The molecule has 2 fully saturated rings. The van der Waals surface area contributed by atoms with Gasteiger partial charge in [-0.25, -0.2) is 4.79 Å². The Kier molecular flexibility index (Phi) is 6.08. The van der Waals surface area contributed by atoms with Gasteiger partial charge in [-0.2, -0.15) is 0 Å². The van der Waals surface area contributed by atoms with Crippen molar-refractivity contribution >= 4 is 11.9 Å². The topological polar surface area (TPSA) is 78.6 Å². The number of amides is 1. The molecule has 5 heteroatoms. The molecule has 2 N–H and O–H groups in total. The lowest BCUT2D eigenvalue weighted by Crippen LogP contribution is -2.44. The molecule has 0 heterocycles. The van der Waals surface area contributed by atoms with Gasteiger partial charge in [0.05, 0.1) is 13.7 Å². The smallest absolute Gasteiger partial charge is 0.404 e. The van der Waals surface area contributed by atoms with Gasteiger partial charge in [-0.15, -0.1) is 0 Å². The van der Waals surface area contributed by atoms with Crippen molar-refractivity contribution in [3.8, 4) is 5.75 Å². The third-order valence-corrected chi connectivity index (χ3v) is 8.24. The van der Waals surface area contributed by atoms with E-state index in [0.29, 0.717) is 36.1 Å². The van der Waals surface area contributed by atoms with Gasteiger partial charge in [0.15, 0.2) is 0 Å². The monoisotopic (exact) mass is 413 g/mol. The highest BCUT2D eigenvalue weighted by Crippen LogP contribution is 2.62. The first-order valence-electron chi connectivity index (χ1n) is 11.6. The van der Waals surface area contributed by atoms with Gasteiger partial charge in [-0.1, -0.05) is 25.8 Å². The summed E-state index contributed by atoms with van der Waals surface area (Å²) in [4.78, 5) is 23.7. The van der Waals surface area contributed by atoms with Gasteiger partial charge in [0.25, 0.3) is 0 Å². The van der Waals surface area contributed by atoms with Gasteiger partial charge in [0, 0.05) is 11.8 Å². The lowest BCUT2D eigenvalue weighted by Gasteiger charge is -2.50. The second kappa shape index (κ2) is 8.60. The van der Waals surface area contributed by atoms with E-state index in [1.54, 1.807) is 7.11 Å². The van der Waals surface area contributed by atoms with Crippen molar-refractivity contribution in [2.45, 2.75) is 70.6 Å². The van der Waals surface area contributed by atoms with Crippen LogP contribution in [0.2, 0.25) is 0 Å². The molecule has 164 valence electrons. The lowest BCUT2D eigenvalue weighted by molar-refractivity contribution is -0.129. The molecule has 1 amide bonds. The molecular weight excluding hydrogens is 378 g/mol. The molecule has 4 rings (SSSR count). The Balaban J connectivity index is 1.45. The Labute approximate surface area is 179 Å². The molecule has 4 unspecified atom stereocenters. The maximum atomic E-state index is 13.1. The second-order valence-electron chi connectivity index (χ2n) is 9.76. The standard InChI is InChI=1S/C25H35NO4/c1-25-12-11-20-19-10-8-18(29-2)14-16(19)7-9-21(20)23(25)17(15-22(25)27)6-4-3-5-13-30-24(26)28/h8,10,14,17,20-21,23H,3-7,9,11-13,15H2,1-2H3,(H2,26,28)/t17?,20?,21?,23?,25-/m1/s1. The summed E-state index contributed by atoms with van der Waals surface area (Å²) in [7, 11) is 1.73. The van der Waals surface area contributed by atoms with Crippen molar-refractivity contribution in [3.05, 3.63) is 29.3 Å². The van der Waals surface area contributed by atoms with E-state index in [9.17, 15) is 9.59 Å². The molecule has 2 saturated carbocycles. The minimum atomic E-state index is -0.699. The fraction of sp³-hybridized carbons (Fsp3) is 0.680. The zero-order valence-electron chi connectivity index (χ0n) is 18.3. The van der Waals surface area contributed by atoms with Crippen LogP contribution in [0.1, 0.15) is 75.3 Å². The van der Waals surface area contributed by atoms with E-state index in [1.165, 1.54) is 17.5 Å². The number of primary amides is 1. The molecule has 0 saturated heterocycles. The molecule has 5 atom stereocenters. The molecule has 1 aromatic carbocycles. The first-order chi connectivity index (χ1) is 14.4. The predicted octanol–water partition coefficient (Wildman–Crippen LogP) is 5.00. The molecule has 0 spiro atoms. The summed E-state index contributed by atoms with van der Waals surface area (Å²) in [5.74, 6) is 3.62. The summed E-state index contributed by atoms with van der Waals surface area (Å²) in [6.45, 7) is 2.64. The van der Waals surface area contributed by atoms with Crippen molar-refractivity contribution in [2.75, 3.05) is 13.7 Å². The van der Waals surface area contributed by atoms with Crippen molar-refractivity contribution in [2.24, 2.45) is 28.9 Å². The van der Waals surface area contributed by atoms with Crippen molar-refractivity contribution in [1.29, 1.82) is 0 Å². The molecule has 5 nitrogen and oxygen atoms in total. The number of Topliss-reactive ketones (excluding diaryl/α,β-unsaturated/α-hetero) is 1. The first-order valence-corrected chi connectivity index (χ1v) is 11.6. The van der Waals surface area contributed by atoms with Crippen molar-refractivity contribution < 1.29 is 19.1 Å². The van der Waals surface area contributed by atoms with E-state index in [0.717, 1.165) is 57.1 Å². The molecule has 0 bridgehead atoms. The van der Waals surface area contributed by atoms with Gasteiger partial charge in [-0.05, 0) is 85.5 Å². The van der Waals surface area contributed by atoms with Crippen molar-refractivity contribution in [1.82, 2.24) is 0 Å². The second-order valence-corrected chi connectivity index (χ2v) is 9.76. The number of hydrogen-bond acceptors (Lipinski definition) is 4. The molecule has 3 aliphatic carbocycles. The van der Waals surface area contributed by atoms with E-state index >= 15 is 0 Å². The predicted molar refractivity (Wildman–Crippen MR) is 115 cm³/mol. The fourth-order valence-electron chi connectivity index (χ4n) is 6.87. The van der Waals surface area contributed by atoms with Crippen LogP contribution in [0.4, 0.5) is 4.79 Å². The van der Waals surface area contributed by atoms with E-state index in [1.807, 2.05) is 0 Å². The van der Waals surface area contributed by atoms with E-state index in [2.05, 4.69) is 25.1 Å². The van der Waals surface area contributed by atoms with Gasteiger partial charge in [0.1, 0.15) is 11.5 Å². The summed E-state index contributed by atoms with van der Waals surface area (Å²) in [5.41, 5.74) is 7.82. The summed E-state index contributed by atoms with van der Waals surface area (Å²) >= 11 is 0. The van der Waals surface area contributed by atoms with E-state index < -0.39 is 6.09 Å². The van der Waals surface area contributed by atoms with Crippen LogP contribution in [0, 0.1) is 23.2 Å². The number of carbonyl (C=O) groups is 2. The maximum absolute atomic E-state index is 13.1. The van der Waals surface area contributed by atoms with Crippen molar-refractivity contribution in [3.63, 3.8) is 0 Å². The quantitative estimate of drug-likeness (QED) is 0.638. The maximum Gasteiger partial charge on any atom is 0.404 e. The Morgan fingerprint density at radius 2 is 2.07 bits per heavy atom. The number of nitrogens with two attached hydrogens (primary N) is 1. The molecular formula is C25H35NO4. The van der Waals surface area contributed by atoms with Crippen LogP contribution in [-0.2, 0) is 16.0 Å². The number of unbranched alkanes of at least 4 members (excludes halogenated alkanes) is 2. The van der Waals surface area contributed by atoms with Gasteiger partial charge in [-0.3, -0.25) is 4.79 Å². The molecule has 3 aliphatic rings. The van der Waals surface area contributed by atoms with E-state index in [4.69, 9.17) is 15.2 Å². The van der Waals surface area contributed by atoms with Crippen LogP contribution in [0.15, 0.2) is 18.2 Å². The van der Waals surface area contributed by atoms with Crippen LogP contribution in [0.3, 0.4) is 0 Å². The third-order valence-electron chi connectivity index (χ3n) is 8.24. The highest BCUT2D eigenvalue weighted by atomic mass is 16.5. The zero-order chi connectivity index (χ0) is 21.3. The van der Waals surface area contributed by atoms with Gasteiger partial charge >= 0.3 is 6.09 Å². The number of ketones is 1. The minimum absolute atomic E-state index is 0.134. The number of benzene rings is 1. The highest BCUT2D eigenvalue weighted by Gasteiger charge is 2.58. The molecule has 0 radical (unpaired) electrons. The third kappa shape index (κ3) is 3.83. The highest BCUT2D eigenvalue weighted by molar-refractivity contribution is 5.87.